The number of hydrogen-bond acceptors (Lipinski definition) is 2. The predicted octanol–water partition coefficient (Wildman–Crippen LogP) is 4.88. The van der Waals surface area contributed by atoms with E-state index in [2.05, 4.69) is 69.8 Å². The van der Waals surface area contributed by atoms with Gasteiger partial charge in [-0.05, 0) is 81.7 Å². The van der Waals surface area contributed by atoms with Gasteiger partial charge in [-0.3, -0.25) is 0 Å². The molecule has 0 atom stereocenters. The monoisotopic (exact) mass is 405 g/mol. The van der Waals surface area contributed by atoms with Crippen molar-refractivity contribution in [3.05, 3.63) is 49.4 Å². The smallest absolute Gasteiger partial charge is 0.164 e. The first kappa shape index (κ1) is 13.0. The van der Waals surface area contributed by atoms with Crippen molar-refractivity contribution in [3.8, 4) is 0 Å². The number of furan rings is 1. The van der Waals surface area contributed by atoms with Crippen LogP contribution in [0.3, 0.4) is 0 Å². The maximum absolute atomic E-state index is 5.52. The van der Waals surface area contributed by atoms with E-state index in [0.717, 1.165) is 19.7 Å². The zero-order valence-electron chi connectivity index (χ0n) is 9.68. The number of hydrogen-bond donors (Lipinski definition) is 1. The van der Waals surface area contributed by atoms with Crippen LogP contribution in [0.25, 0.3) is 0 Å². The first-order valence-electron chi connectivity index (χ1n) is 5.31. The van der Waals surface area contributed by atoms with Crippen molar-refractivity contribution in [2.75, 3.05) is 5.32 Å². The molecule has 4 heteroatoms. The second-order valence-corrected chi connectivity index (χ2v) is 5.92. The molecule has 0 aliphatic rings. The maximum atomic E-state index is 5.52. The largest absolute Gasteiger partial charge is 0.454 e. The Morgan fingerprint density at radius 1 is 1.29 bits per heavy atom. The molecule has 0 bridgehead atoms. The number of anilines is 1. The zero-order chi connectivity index (χ0) is 12.4. The number of nitrogens with one attached hydrogen (secondary N) is 1. The van der Waals surface area contributed by atoms with Crippen molar-refractivity contribution in [2.24, 2.45) is 0 Å². The highest BCUT2D eigenvalue weighted by molar-refractivity contribution is 14.1. The lowest BCUT2D eigenvalue weighted by Crippen LogP contribution is -2.01. The second-order valence-electron chi connectivity index (χ2n) is 4.00. The molecule has 1 aromatic carbocycles. The summed E-state index contributed by atoms with van der Waals surface area (Å²) in [6, 6.07) is 8.24. The molecule has 90 valence electrons. The van der Waals surface area contributed by atoms with Gasteiger partial charge in [-0.1, -0.05) is 6.07 Å². The lowest BCUT2D eigenvalue weighted by atomic mass is 10.1. The van der Waals surface area contributed by atoms with E-state index in [4.69, 9.17) is 4.42 Å². The summed E-state index contributed by atoms with van der Waals surface area (Å²) in [7, 11) is 0. The Morgan fingerprint density at radius 3 is 2.65 bits per heavy atom. The summed E-state index contributed by atoms with van der Waals surface area (Å²) in [5.41, 5.74) is 3.62. The van der Waals surface area contributed by atoms with Crippen LogP contribution in [-0.4, -0.2) is 0 Å². The van der Waals surface area contributed by atoms with E-state index in [9.17, 15) is 0 Å². The third-order valence-electron chi connectivity index (χ3n) is 2.50. The minimum absolute atomic E-state index is 0.700. The van der Waals surface area contributed by atoms with Crippen LogP contribution in [0.1, 0.15) is 16.9 Å². The van der Waals surface area contributed by atoms with Gasteiger partial charge < -0.3 is 9.73 Å². The second kappa shape index (κ2) is 5.44. The Labute approximate surface area is 123 Å². The molecular formula is C13H13BrINO. The van der Waals surface area contributed by atoms with E-state index in [1.165, 1.54) is 11.1 Å². The third kappa shape index (κ3) is 3.25. The lowest BCUT2D eigenvalue weighted by Gasteiger charge is -2.11. The van der Waals surface area contributed by atoms with Crippen molar-refractivity contribution >= 4 is 44.2 Å². The maximum Gasteiger partial charge on any atom is 0.164 e. The van der Waals surface area contributed by atoms with Crippen LogP contribution < -0.4 is 5.32 Å². The highest BCUT2D eigenvalue weighted by Gasteiger charge is 2.06. The molecule has 1 heterocycles. The molecule has 0 saturated heterocycles. The number of aryl methyl sites for hydroxylation is 2. The van der Waals surface area contributed by atoms with E-state index in [1.54, 1.807) is 0 Å². The summed E-state index contributed by atoms with van der Waals surface area (Å²) in [6.07, 6.45) is 0. The van der Waals surface area contributed by atoms with Crippen molar-refractivity contribution in [1.82, 2.24) is 0 Å². The molecule has 0 saturated carbocycles. The van der Waals surface area contributed by atoms with Gasteiger partial charge in [0, 0.05) is 4.47 Å². The molecule has 0 spiro atoms. The number of halogens is 2. The molecule has 1 N–H and O–H groups in total. The SMILES string of the molecule is Cc1cc(C)c(NCc2ccc(I)o2)c(Br)c1. The molecule has 2 nitrogen and oxygen atoms in total. The van der Waals surface area contributed by atoms with Gasteiger partial charge in [0.25, 0.3) is 0 Å². The Hall–Kier alpha value is -0.490. The molecule has 0 fully saturated rings. The molecule has 0 aliphatic carbocycles. The summed E-state index contributed by atoms with van der Waals surface area (Å²) in [5.74, 6) is 0.946. The number of benzene rings is 1. The van der Waals surface area contributed by atoms with Gasteiger partial charge >= 0.3 is 0 Å². The lowest BCUT2D eigenvalue weighted by molar-refractivity contribution is 0.493. The highest BCUT2D eigenvalue weighted by atomic mass is 127. The van der Waals surface area contributed by atoms with Crippen molar-refractivity contribution < 1.29 is 4.42 Å². The topological polar surface area (TPSA) is 25.2 Å². The first-order valence-corrected chi connectivity index (χ1v) is 7.18. The Bertz CT molecular complexity index is 513. The summed E-state index contributed by atoms with van der Waals surface area (Å²) in [4.78, 5) is 0. The summed E-state index contributed by atoms with van der Waals surface area (Å²) in [6.45, 7) is 4.90. The Morgan fingerprint density at radius 2 is 2.06 bits per heavy atom. The van der Waals surface area contributed by atoms with E-state index in [1.807, 2.05) is 12.1 Å². The molecule has 0 unspecified atom stereocenters. The van der Waals surface area contributed by atoms with Crippen molar-refractivity contribution in [1.29, 1.82) is 0 Å². The first-order chi connectivity index (χ1) is 8.06. The quantitative estimate of drug-likeness (QED) is 0.736. The van der Waals surface area contributed by atoms with Gasteiger partial charge in [0.2, 0.25) is 0 Å². The van der Waals surface area contributed by atoms with Gasteiger partial charge in [-0.25, -0.2) is 0 Å². The standard InChI is InChI=1S/C13H13BrINO/c1-8-5-9(2)13(11(14)6-8)16-7-10-3-4-12(15)17-10/h3-6,16H,7H2,1-2H3. The van der Waals surface area contributed by atoms with Crippen LogP contribution in [0, 0.1) is 17.6 Å². The van der Waals surface area contributed by atoms with E-state index in [0.29, 0.717) is 6.54 Å². The number of rotatable bonds is 3. The van der Waals surface area contributed by atoms with Gasteiger partial charge in [0.1, 0.15) is 5.76 Å². The van der Waals surface area contributed by atoms with Crippen LogP contribution in [0.5, 0.6) is 0 Å². The third-order valence-corrected chi connectivity index (χ3v) is 3.71. The zero-order valence-corrected chi connectivity index (χ0v) is 13.4. The van der Waals surface area contributed by atoms with Gasteiger partial charge in [-0.15, -0.1) is 0 Å². The van der Waals surface area contributed by atoms with Crippen molar-refractivity contribution in [2.45, 2.75) is 20.4 Å². The average Bonchev–Trinajstić information content (AvgIpc) is 2.62. The van der Waals surface area contributed by atoms with Crippen LogP contribution in [0.15, 0.2) is 33.2 Å². The summed E-state index contributed by atoms with van der Waals surface area (Å²) >= 11 is 5.75. The molecule has 0 aliphatic heterocycles. The fraction of sp³-hybridized carbons (Fsp3) is 0.231. The van der Waals surface area contributed by atoms with Gasteiger partial charge in [0.05, 0.1) is 12.2 Å². The van der Waals surface area contributed by atoms with Crippen LogP contribution in [0.2, 0.25) is 0 Å². The molecule has 2 rings (SSSR count). The highest BCUT2D eigenvalue weighted by Crippen LogP contribution is 2.28. The Kier molecular flexibility index (Phi) is 4.14. The Balaban J connectivity index is 2.14. The van der Waals surface area contributed by atoms with E-state index < -0.39 is 0 Å². The minimum atomic E-state index is 0.700. The molecule has 0 amide bonds. The fourth-order valence-electron chi connectivity index (χ4n) is 1.76. The minimum Gasteiger partial charge on any atom is -0.454 e. The van der Waals surface area contributed by atoms with Crippen molar-refractivity contribution in [3.63, 3.8) is 0 Å². The molecule has 0 radical (unpaired) electrons. The summed E-state index contributed by atoms with van der Waals surface area (Å²) in [5, 5.41) is 3.39. The van der Waals surface area contributed by atoms with E-state index in [-0.39, 0.29) is 0 Å². The van der Waals surface area contributed by atoms with Crippen LogP contribution >= 0.6 is 38.5 Å². The van der Waals surface area contributed by atoms with E-state index >= 15 is 0 Å². The van der Waals surface area contributed by atoms with Crippen LogP contribution in [-0.2, 0) is 6.54 Å². The van der Waals surface area contributed by atoms with Gasteiger partial charge in [-0.2, -0.15) is 0 Å². The normalized spacial score (nSPS) is 10.6. The molecule has 1 aromatic heterocycles. The average molecular weight is 406 g/mol. The van der Waals surface area contributed by atoms with Gasteiger partial charge in [0.15, 0.2) is 3.77 Å². The van der Waals surface area contributed by atoms with Crippen LogP contribution in [0.4, 0.5) is 5.69 Å². The summed E-state index contributed by atoms with van der Waals surface area (Å²) < 4.78 is 7.53. The fourth-order valence-corrected chi connectivity index (χ4v) is 3.04. The molecular weight excluding hydrogens is 393 g/mol. The predicted molar refractivity (Wildman–Crippen MR) is 82.4 cm³/mol. The molecule has 17 heavy (non-hydrogen) atoms. The molecule has 2 aromatic rings.